The second-order valence-electron chi connectivity index (χ2n) is 6.41. The summed E-state index contributed by atoms with van der Waals surface area (Å²) in [6.45, 7) is 0.197. The first-order chi connectivity index (χ1) is 14.5. The number of ether oxygens (including phenoxy) is 2. The van der Waals surface area contributed by atoms with Crippen molar-refractivity contribution in [1.82, 2.24) is 15.0 Å². The number of hydrogen-bond donors (Lipinski definition) is 2. The Morgan fingerprint density at radius 3 is 2.45 bits per heavy atom. The van der Waals surface area contributed by atoms with E-state index in [9.17, 15) is 4.39 Å². The van der Waals surface area contributed by atoms with Gasteiger partial charge in [-0.25, -0.2) is 9.82 Å². The SMILES string of the molecule is CN(C)c1nc(NN=Cc2cc3c(cc2Br)OCO3)nc(Nc2ccc(F)cc2)n1.Cl. The molecule has 31 heavy (non-hydrogen) atoms. The van der Waals surface area contributed by atoms with Crippen molar-refractivity contribution in [3.8, 4) is 11.5 Å². The van der Waals surface area contributed by atoms with Gasteiger partial charge in [0, 0.05) is 29.8 Å². The monoisotopic (exact) mass is 509 g/mol. The zero-order valence-corrected chi connectivity index (χ0v) is 18.9. The van der Waals surface area contributed by atoms with Gasteiger partial charge < -0.3 is 19.7 Å². The molecule has 0 saturated heterocycles. The summed E-state index contributed by atoms with van der Waals surface area (Å²) >= 11 is 3.48. The summed E-state index contributed by atoms with van der Waals surface area (Å²) in [5.74, 6) is 1.97. The van der Waals surface area contributed by atoms with E-state index >= 15 is 0 Å². The first-order valence-corrected chi connectivity index (χ1v) is 9.61. The van der Waals surface area contributed by atoms with E-state index in [0.29, 0.717) is 29.1 Å². The standard InChI is InChI=1S/C19H17BrFN7O2.ClH/c1-28(2)19-25-17(23-13-5-3-12(21)4-6-13)24-18(26-19)27-22-9-11-7-15-16(8-14(11)20)30-10-29-15;/h3-9H,10H2,1-2H3,(H2,23,24,25,26,27);1H. The molecule has 1 aliphatic heterocycles. The van der Waals surface area contributed by atoms with E-state index in [2.05, 4.69) is 46.7 Å². The van der Waals surface area contributed by atoms with E-state index in [-0.39, 0.29) is 31.0 Å². The number of aromatic nitrogens is 3. The zero-order chi connectivity index (χ0) is 21.1. The average Bonchev–Trinajstić information content (AvgIpc) is 3.17. The van der Waals surface area contributed by atoms with Crippen LogP contribution in [-0.4, -0.2) is 42.1 Å². The molecule has 0 fully saturated rings. The maximum absolute atomic E-state index is 13.1. The third-order valence-electron chi connectivity index (χ3n) is 3.98. The van der Waals surface area contributed by atoms with Crippen molar-refractivity contribution in [1.29, 1.82) is 0 Å². The molecule has 1 aromatic heterocycles. The number of benzene rings is 2. The highest BCUT2D eigenvalue weighted by Gasteiger charge is 2.15. The van der Waals surface area contributed by atoms with Gasteiger partial charge in [-0.05, 0) is 52.3 Å². The summed E-state index contributed by atoms with van der Waals surface area (Å²) < 4.78 is 24.7. The lowest BCUT2D eigenvalue weighted by atomic mass is 10.2. The first kappa shape index (κ1) is 22.5. The lowest BCUT2D eigenvalue weighted by Gasteiger charge is -2.13. The topological polar surface area (TPSA) is 96.8 Å². The Kier molecular flexibility index (Phi) is 7.08. The number of halogens is 3. The number of rotatable bonds is 6. The van der Waals surface area contributed by atoms with Gasteiger partial charge in [-0.2, -0.15) is 20.1 Å². The minimum Gasteiger partial charge on any atom is -0.454 e. The van der Waals surface area contributed by atoms with E-state index in [0.717, 1.165) is 10.0 Å². The first-order valence-electron chi connectivity index (χ1n) is 8.82. The Morgan fingerprint density at radius 1 is 1.06 bits per heavy atom. The predicted octanol–water partition coefficient (Wildman–Crippen LogP) is 4.18. The van der Waals surface area contributed by atoms with Crippen molar-refractivity contribution in [3.63, 3.8) is 0 Å². The Hall–Kier alpha value is -3.18. The predicted molar refractivity (Wildman–Crippen MR) is 123 cm³/mol. The molecule has 0 aliphatic carbocycles. The number of nitrogens with one attached hydrogen (secondary N) is 2. The molecule has 0 saturated carbocycles. The van der Waals surface area contributed by atoms with Crippen molar-refractivity contribution in [3.05, 3.63) is 52.3 Å². The van der Waals surface area contributed by atoms with Gasteiger partial charge in [0.15, 0.2) is 11.5 Å². The summed E-state index contributed by atoms with van der Waals surface area (Å²) in [6.07, 6.45) is 1.61. The Balaban J connectivity index is 0.00000272. The van der Waals surface area contributed by atoms with E-state index in [4.69, 9.17) is 9.47 Å². The maximum atomic E-state index is 13.1. The Labute approximate surface area is 192 Å². The van der Waals surface area contributed by atoms with Crippen LogP contribution in [0.4, 0.5) is 27.9 Å². The highest BCUT2D eigenvalue weighted by atomic mass is 79.9. The highest BCUT2D eigenvalue weighted by Crippen LogP contribution is 2.36. The molecule has 0 amide bonds. The van der Waals surface area contributed by atoms with Crippen molar-refractivity contribution >= 4 is 58.1 Å². The van der Waals surface area contributed by atoms with Crippen molar-refractivity contribution in [2.24, 2.45) is 5.10 Å². The molecular formula is C19H18BrClFN7O2. The molecule has 0 atom stereocenters. The molecule has 4 rings (SSSR count). The molecule has 2 heterocycles. The van der Waals surface area contributed by atoms with Crippen LogP contribution >= 0.6 is 28.3 Å². The molecule has 12 heteroatoms. The second-order valence-corrected chi connectivity index (χ2v) is 7.26. The zero-order valence-electron chi connectivity index (χ0n) is 16.5. The number of anilines is 4. The molecule has 0 bridgehead atoms. The number of fused-ring (bicyclic) bond motifs is 1. The molecule has 9 nitrogen and oxygen atoms in total. The van der Waals surface area contributed by atoms with Gasteiger partial charge in [-0.3, -0.25) is 0 Å². The summed E-state index contributed by atoms with van der Waals surface area (Å²) in [7, 11) is 3.63. The minimum atomic E-state index is -0.323. The van der Waals surface area contributed by atoms with E-state index in [1.165, 1.54) is 12.1 Å². The van der Waals surface area contributed by atoms with Crippen LogP contribution < -0.4 is 25.1 Å². The van der Waals surface area contributed by atoms with E-state index < -0.39 is 0 Å². The van der Waals surface area contributed by atoms with Gasteiger partial charge in [0.05, 0.1) is 6.21 Å². The fraction of sp³-hybridized carbons (Fsp3) is 0.158. The van der Waals surface area contributed by atoms with Crippen molar-refractivity contribution < 1.29 is 13.9 Å². The molecule has 3 aromatic rings. The van der Waals surface area contributed by atoms with Crippen LogP contribution in [0.15, 0.2) is 46.0 Å². The summed E-state index contributed by atoms with van der Waals surface area (Å²) in [5.41, 5.74) is 4.24. The lowest BCUT2D eigenvalue weighted by Crippen LogP contribution is -2.15. The minimum absolute atomic E-state index is 0. The Bertz CT molecular complexity index is 1100. The average molecular weight is 511 g/mol. The molecule has 0 unspecified atom stereocenters. The molecule has 2 N–H and O–H groups in total. The van der Waals surface area contributed by atoms with Gasteiger partial charge in [0.1, 0.15) is 5.82 Å². The van der Waals surface area contributed by atoms with E-state index in [1.807, 2.05) is 26.2 Å². The number of nitrogens with zero attached hydrogens (tertiary/aromatic N) is 5. The van der Waals surface area contributed by atoms with Gasteiger partial charge >= 0.3 is 0 Å². The van der Waals surface area contributed by atoms with Crippen LogP contribution in [0.3, 0.4) is 0 Å². The van der Waals surface area contributed by atoms with Gasteiger partial charge in [0.2, 0.25) is 24.6 Å². The van der Waals surface area contributed by atoms with Gasteiger partial charge in [0.25, 0.3) is 0 Å². The fourth-order valence-corrected chi connectivity index (χ4v) is 2.95. The quantitative estimate of drug-likeness (QED) is 0.377. The van der Waals surface area contributed by atoms with Crippen LogP contribution in [0.2, 0.25) is 0 Å². The van der Waals surface area contributed by atoms with Crippen LogP contribution in [-0.2, 0) is 0 Å². The van der Waals surface area contributed by atoms with Crippen LogP contribution in [0.1, 0.15) is 5.56 Å². The number of hydrazone groups is 1. The van der Waals surface area contributed by atoms with Gasteiger partial charge in [-0.15, -0.1) is 12.4 Å². The molecule has 1 aliphatic rings. The Morgan fingerprint density at radius 2 is 1.74 bits per heavy atom. The van der Waals surface area contributed by atoms with Crippen LogP contribution in [0.5, 0.6) is 11.5 Å². The smallest absolute Gasteiger partial charge is 0.250 e. The molecule has 2 aromatic carbocycles. The van der Waals surface area contributed by atoms with Gasteiger partial charge in [-0.1, -0.05) is 0 Å². The van der Waals surface area contributed by atoms with Crippen LogP contribution in [0, 0.1) is 5.82 Å². The molecule has 0 radical (unpaired) electrons. The second kappa shape index (κ2) is 9.75. The largest absolute Gasteiger partial charge is 0.454 e. The summed E-state index contributed by atoms with van der Waals surface area (Å²) in [5, 5.41) is 7.24. The summed E-state index contributed by atoms with van der Waals surface area (Å²) in [4.78, 5) is 14.7. The number of hydrogen-bond acceptors (Lipinski definition) is 9. The third kappa shape index (κ3) is 5.50. The molecule has 0 spiro atoms. The normalized spacial score (nSPS) is 11.9. The van der Waals surface area contributed by atoms with Crippen molar-refractivity contribution in [2.45, 2.75) is 0 Å². The third-order valence-corrected chi connectivity index (χ3v) is 4.67. The van der Waals surface area contributed by atoms with Crippen LogP contribution in [0.25, 0.3) is 0 Å². The van der Waals surface area contributed by atoms with E-state index in [1.54, 1.807) is 23.2 Å². The maximum Gasteiger partial charge on any atom is 0.250 e. The fourth-order valence-electron chi connectivity index (χ4n) is 2.52. The lowest BCUT2D eigenvalue weighted by molar-refractivity contribution is 0.174. The molecular weight excluding hydrogens is 493 g/mol. The highest BCUT2D eigenvalue weighted by molar-refractivity contribution is 9.10. The summed E-state index contributed by atoms with van der Waals surface area (Å²) in [6, 6.07) is 9.53. The van der Waals surface area contributed by atoms with Crippen molar-refractivity contribution in [2.75, 3.05) is 36.5 Å². The molecule has 162 valence electrons.